The number of halogens is 1. The third-order valence-electron chi connectivity index (χ3n) is 4.68. The first-order valence-electron chi connectivity index (χ1n) is 7.91. The summed E-state index contributed by atoms with van der Waals surface area (Å²) in [4.78, 5) is 17.5. The van der Waals surface area contributed by atoms with E-state index in [-0.39, 0.29) is 18.3 Å². The van der Waals surface area contributed by atoms with E-state index < -0.39 is 5.60 Å². The van der Waals surface area contributed by atoms with Gasteiger partial charge in [-0.1, -0.05) is 30.3 Å². The molecular formula is C19H17FN2O2. The van der Waals surface area contributed by atoms with Crippen LogP contribution in [-0.4, -0.2) is 34.0 Å². The Balaban J connectivity index is 1.57. The molecule has 1 aliphatic rings. The number of fused-ring (bicyclic) bond motifs is 1. The van der Waals surface area contributed by atoms with Crippen molar-refractivity contribution >= 4 is 16.8 Å². The van der Waals surface area contributed by atoms with Crippen molar-refractivity contribution in [2.24, 2.45) is 0 Å². The van der Waals surface area contributed by atoms with Gasteiger partial charge < -0.3 is 15.0 Å². The van der Waals surface area contributed by atoms with Gasteiger partial charge in [0.15, 0.2) is 0 Å². The summed E-state index contributed by atoms with van der Waals surface area (Å²) in [5.74, 6) is -0.476. The highest BCUT2D eigenvalue weighted by atomic mass is 19.1. The van der Waals surface area contributed by atoms with E-state index in [2.05, 4.69) is 4.98 Å². The lowest BCUT2D eigenvalue weighted by Gasteiger charge is -2.23. The Labute approximate surface area is 138 Å². The van der Waals surface area contributed by atoms with Gasteiger partial charge in [0.05, 0.1) is 6.54 Å². The molecular weight excluding hydrogens is 307 g/mol. The zero-order chi connectivity index (χ0) is 16.7. The number of hydrogen-bond acceptors (Lipinski definition) is 2. The number of aromatic nitrogens is 1. The van der Waals surface area contributed by atoms with Gasteiger partial charge in [0.2, 0.25) is 0 Å². The van der Waals surface area contributed by atoms with Crippen molar-refractivity contribution in [3.8, 4) is 0 Å². The van der Waals surface area contributed by atoms with E-state index >= 15 is 0 Å². The normalized spacial score (nSPS) is 20.7. The lowest BCUT2D eigenvalue weighted by Crippen LogP contribution is -2.34. The number of carbonyl (C=O) groups is 1. The first-order chi connectivity index (χ1) is 11.5. The van der Waals surface area contributed by atoms with E-state index in [1.807, 2.05) is 30.3 Å². The zero-order valence-electron chi connectivity index (χ0n) is 13.0. The summed E-state index contributed by atoms with van der Waals surface area (Å²) < 4.78 is 13.1. The van der Waals surface area contributed by atoms with Crippen molar-refractivity contribution in [2.45, 2.75) is 12.0 Å². The van der Waals surface area contributed by atoms with Gasteiger partial charge in [-0.05, 0) is 36.2 Å². The molecule has 1 saturated heterocycles. The number of nitrogens with zero attached hydrogens (tertiary/aromatic N) is 1. The van der Waals surface area contributed by atoms with Gasteiger partial charge >= 0.3 is 0 Å². The quantitative estimate of drug-likeness (QED) is 0.761. The number of H-pyrrole nitrogens is 1. The monoisotopic (exact) mass is 324 g/mol. The van der Waals surface area contributed by atoms with Gasteiger partial charge in [0.1, 0.15) is 17.1 Å². The average Bonchev–Trinajstić information content (AvgIpc) is 3.19. The Morgan fingerprint density at radius 2 is 1.92 bits per heavy atom. The van der Waals surface area contributed by atoms with E-state index in [4.69, 9.17) is 0 Å². The molecule has 1 aromatic heterocycles. The largest absolute Gasteiger partial charge is 0.383 e. The fraction of sp³-hybridized carbons (Fsp3) is 0.211. The van der Waals surface area contributed by atoms with Crippen LogP contribution in [-0.2, 0) is 5.60 Å². The van der Waals surface area contributed by atoms with E-state index in [9.17, 15) is 14.3 Å². The van der Waals surface area contributed by atoms with Crippen LogP contribution in [0.15, 0.2) is 54.6 Å². The van der Waals surface area contributed by atoms with E-state index in [1.54, 1.807) is 17.0 Å². The van der Waals surface area contributed by atoms with E-state index in [0.29, 0.717) is 24.2 Å². The first kappa shape index (κ1) is 14.9. The molecule has 1 atom stereocenters. The third-order valence-corrected chi connectivity index (χ3v) is 4.68. The van der Waals surface area contributed by atoms with Gasteiger partial charge in [-0.25, -0.2) is 4.39 Å². The Hall–Kier alpha value is -2.66. The van der Waals surface area contributed by atoms with Crippen molar-refractivity contribution in [1.82, 2.24) is 9.88 Å². The molecule has 0 saturated carbocycles. The molecule has 0 bridgehead atoms. The molecule has 2 N–H and O–H groups in total. The van der Waals surface area contributed by atoms with Crippen molar-refractivity contribution < 1.29 is 14.3 Å². The summed E-state index contributed by atoms with van der Waals surface area (Å²) in [6.07, 6.45) is 0.435. The van der Waals surface area contributed by atoms with Crippen LogP contribution in [0, 0.1) is 5.82 Å². The topological polar surface area (TPSA) is 56.3 Å². The second kappa shape index (κ2) is 5.46. The molecule has 1 fully saturated rings. The molecule has 2 heterocycles. The Kier molecular flexibility index (Phi) is 3.39. The number of β-amino-alcohol motifs (C(OH)–C–C–N with tert-alkyl or cyclic N) is 1. The second-order valence-electron chi connectivity index (χ2n) is 6.29. The average molecular weight is 324 g/mol. The first-order valence-corrected chi connectivity index (χ1v) is 7.91. The fourth-order valence-electron chi connectivity index (χ4n) is 3.32. The van der Waals surface area contributed by atoms with Gasteiger partial charge in [-0.15, -0.1) is 0 Å². The molecule has 1 aliphatic heterocycles. The number of likely N-dealkylation sites (tertiary alicyclic amines) is 1. The van der Waals surface area contributed by atoms with Crippen LogP contribution in [0.4, 0.5) is 4.39 Å². The van der Waals surface area contributed by atoms with E-state index in [1.165, 1.54) is 12.1 Å². The molecule has 0 radical (unpaired) electrons. The Morgan fingerprint density at radius 1 is 1.17 bits per heavy atom. The Morgan fingerprint density at radius 3 is 2.67 bits per heavy atom. The van der Waals surface area contributed by atoms with Crippen molar-refractivity contribution in [3.05, 3.63) is 71.7 Å². The second-order valence-corrected chi connectivity index (χ2v) is 6.29. The molecule has 4 nitrogen and oxygen atoms in total. The van der Waals surface area contributed by atoms with E-state index in [0.717, 1.165) is 10.9 Å². The summed E-state index contributed by atoms with van der Waals surface area (Å²) in [5, 5.41) is 11.8. The third kappa shape index (κ3) is 2.47. The minimum absolute atomic E-state index is 0.135. The van der Waals surface area contributed by atoms with Crippen LogP contribution in [0.3, 0.4) is 0 Å². The lowest BCUT2D eigenvalue weighted by atomic mass is 9.93. The highest BCUT2D eigenvalue weighted by molar-refractivity contribution is 5.98. The highest BCUT2D eigenvalue weighted by Gasteiger charge is 2.40. The molecule has 1 amide bonds. The number of amides is 1. The number of nitrogens with one attached hydrogen (secondary N) is 1. The van der Waals surface area contributed by atoms with Crippen LogP contribution >= 0.6 is 0 Å². The Bertz CT molecular complexity index is 870. The molecule has 0 spiro atoms. The smallest absolute Gasteiger partial charge is 0.270 e. The van der Waals surface area contributed by atoms with Crippen LogP contribution in [0.1, 0.15) is 22.5 Å². The van der Waals surface area contributed by atoms with Gasteiger partial charge in [-0.3, -0.25) is 4.79 Å². The molecule has 0 aliphatic carbocycles. The van der Waals surface area contributed by atoms with Crippen molar-refractivity contribution in [1.29, 1.82) is 0 Å². The van der Waals surface area contributed by atoms with Crippen LogP contribution in [0.25, 0.3) is 10.9 Å². The molecule has 24 heavy (non-hydrogen) atoms. The van der Waals surface area contributed by atoms with Crippen LogP contribution in [0.2, 0.25) is 0 Å². The summed E-state index contributed by atoms with van der Waals surface area (Å²) in [5.41, 5.74) is 0.930. The summed E-state index contributed by atoms with van der Waals surface area (Å²) in [6.45, 7) is 0.662. The standard InChI is InChI=1S/C19H17FN2O2/c20-15-7-5-14(6-8-15)19(24)9-10-22(12-19)18(23)17-11-13-3-1-2-4-16(13)21-17/h1-8,11,21,24H,9-10,12H2. The number of benzene rings is 2. The molecule has 5 heteroatoms. The molecule has 3 aromatic rings. The summed E-state index contributed by atoms with van der Waals surface area (Å²) >= 11 is 0. The number of carbonyl (C=O) groups excluding carboxylic acids is 1. The number of aromatic amines is 1. The fourth-order valence-corrected chi connectivity index (χ4v) is 3.32. The number of rotatable bonds is 2. The van der Waals surface area contributed by atoms with Crippen molar-refractivity contribution in [2.75, 3.05) is 13.1 Å². The minimum Gasteiger partial charge on any atom is -0.383 e. The molecule has 4 rings (SSSR count). The minimum atomic E-state index is -1.13. The SMILES string of the molecule is O=C(c1cc2ccccc2[nH]1)N1CCC(O)(c2ccc(F)cc2)C1. The van der Waals surface area contributed by atoms with Gasteiger partial charge in [-0.2, -0.15) is 0 Å². The number of hydrogen-bond donors (Lipinski definition) is 2. The van der Waals surface area contributed by atoms with Crippen molar-refractivity contribution in [3.63, 3.8) is 0 Å². The highest BCUT2D eigenvalue weighted by Crippen LogP contribution is 2.33. The maximum Gasteiger partial charge on any atom is 0.270 e. The van der Waals surface area contributed by atoms with Gasteiger partial charge in [0, 0.05) is 17.4 Å². The molecule has 1 unspecified atom stereocenters. The molecule has 122 valence electrons. The summed E-state index contributed by atoms with van der Waals surface area (Å²) in [7, 11) is 0. The number of aliphatic hydroxyl groups is 1. The van der Waals surface area contributed by atoms with Gasteiger partial charge in [0.25, 0.3) is 5.91 Å². The maximum absolute atomic E-state index is 13.1. The molecule has 2 aromatic carbocycles. The van der Waals surface area contributed by atoms with Crippen LogP contribution in [0.5, 0.6) is 0 Å². The number of para-hydroxylation sites is 1. The predicted octanol–water partition coefficient (Wildman–Crippen LogP) is 3.04. The van der Waals surface area contributed by atoms with Crippen LogP contribution < -0.4 is 0 Å². The zero-order valence-corrected chi connectivity index (χ0v) is 13.0. The maximum atomic E-state index is 13.1. The lowest BCUT2D eigenvalue weighted by molar-refractivity contribution is 0.0415. The predicted molar refractivity (Wildman–Crippen MR) is 89.1 cm³/mol. The summed E-state index contributed by atoms with van der Waals surface area (Å²) in [6, 6.07) is 15.3.